The van der Waals surface area contributed by atoms with Gasteiger partial charge < -0.3 is 21.1 Å². The molecule has 0 aromatic heterocycles. The van der Waals surface area contributed by atoms with Crippen molar-refractivity contribution in [1.29, 1.82) is 0 Å². The van der Waals surface area contributed by atoms with Crippen molar-refractivity contribution in [2.24, 2.45) is 11.1 Å². The number of primary amides is 1. The highest BCUT2D eigenvalue weighted by molar-refractivity contribution is 5.82. The van der Waals surface area contributed by atoms with Crippen molar-refractivity contribution in [2.45, 2.75) is 32.7 Å². The maximum atomic E-state index is 12.3. The number of nitrogens with one attached hydrogen (secondary N) is 1. The average Bonchev–Trinajstić information content (AvgIpc) is 2.53. The SMILES string of the molecule is CCC1(C(N)=O)CCCN(C(=O)NCc2ccc(O)cc2)C1. The van der Waals surface area contributed by atoms with Crippen molar-refractivity contribution in [3.8, 4) is 5.75 Å². The number of carbonyl (C=O) groups is 2. The van der Waals surface area contributed by atoms with E-state index in [4.69, 9.17) is 5.73 Å². The molecule has 0 spiro atoms. The third-order valence-electron chi connectivity index (χ3n) is 4.44. The molecule has 0 saturated carbocycles. The number of amides is 3. The van der Waals surface area contributed by atoms with E-state index in [1.54, 1.807) is 29.2 Å². The maximum Gasteiger partial charge on any atom is 0.317 e. The predicted molar refractivity (Wildman–Crippen MR) is 83.1 cm³/mol. The summed E-state index contributed by atoms with van der Waals surface area (Å²) in [6.07, 6.45) is 2.16. The summed E-state index contributed by atoms with van der Waals surface area (Å²) in [6, 6.07) is 6.48. The van der Waals surface area contributed by atoms with Crippen molar-refractivity contribution >= 4 is 11.9 Å². The number of phenolic OH excluding ortho intramolecular Hbond substituents is 1. The van der Waals surface area contributed by atoms with E-state index in [1.165, 1.54) is 0 Å². The molecule has 4 N–H and O–H groups in total. The molecule has 1 aliphatic rings. The zero-order valence-corrected chi connectivity index (χ0v) is 12.8. The lowest BCUT2D eigenvalue weighted by Crippen LogP contribution is -2.54. The van der Waals surface area contributed by atoms with Crippen LogP contribution in [0, 0.1) is 5.41 Å². The van der Waals surface area contributed by atoms with Crippen LogP contribution in [0.2, 0.25) is 0 Å². The molecule has 1 aromatic carbocycles. The van der Waals surface area contributed by atoms with E-state index < -0.39 is 5.41 Å². The van der Waals surface area contributed by atoms with E-state index in [2.05, 4.69) is 5.32 Å². The lowest BCUT2D eigenvalue weighted by atomic mass is 9.77. The van der Waals surface area contributed by atoms with Crippen molar-refractivity contribution in [2.75, 3.05) is 13.1 Å². The number of likely N-dealkylation sites (tertiary alicyclic amines) is 1. The van der Waals surface area contributed by atoms with Crippen LogP contribution in [-0.2, 0) is 11.3 Å². The van der Waals surface area contributed by atoms with Crippen LogP contribution >= 0.6 is 0 Å². The van der Waals surface area contributed by atoms with E-state index in [0.29, 0.717) is 26.1 Å². The van der Waals surface area contributed by atoms with Crippen molar-refractivity contribution < 1.29 is 14.7 Å². The van der Waals surface area contributed by atoms with Gasteiger partial charge in [-0.3, -0.25) is 4.79 Å². The molecule has 1 aliphatic heterocycles. The van der Waals surface area contributed by atoms with Gasteiger partial charge in [-0.2, -0.15) is 0 Å². The second-order valence-electron chi connectivity index (χ2n) is 5.85. The number of phenols is 1. The van der Waals surface area contributed by atoms with Crippen LogP contribution in [0.25, 0.3) is 0 Å². The lowest BCUT2D eigenvalue weighted by molar-refractivity contribution is -0.130. The summed E-state index contributed by atoms with van der Waals surface area (Å²) in [5.74, 6) is -0.133. The third kappa shape index (κ3) is 3.50. The van der Waals surface area contributed by atoms with E-state index in [0.717, 1.165) is 18.4 Å². The Morgan fingerprint density at radius 1 is 1.36 bits per heavy atom. The lowest BCUT2D eigenvalue weighted by Gasteiger charge is -2.40. The number of carbonyl (C=O) groups excluding carboxylic acids is 2. The number of piperidine rings is 1. The summed E-state index contributed by atoms with van der Waals surface area (Å²) in [7, 11) is 0. The molecule has 1 aromatic rings. The van der Waals surface area contributed by atoms with E-state index >= 15 is 0 Å². The van der Waals surface area contributed by atoms with Gasteiger partial charge in [-0.25, -0.2) is 4.79 Å². The molecule has 1 fully saturated rings. The molecule has 2 rings (SSSR count). The molecule has 0 bridgehead atoms. The van der Waals surface area contributed by atoms with Crippen LogP contribution < -0.4 is 11.1 Å². The Morgan fingerprint density at radius 2 is 2.05 bits per heavy atom. The average molecular weight is 305 g/mol. The number of benzene rings is 1. The summed E-state index contributed by atoms with van der Waals surface area (Å²) in [6.45, 7) is 3.32. The standard InChI is InChI=1S/C16H23N3O3/c1-2-16(14(17)21)8-3-9-19(11-16)15(22)18-10-12-4-6-13(20)7-5-12/h4-7,20H,2-3,8-11H2,1H3,(H2,17,21)(H,18,22). The zero-order valence-electron chi connectivity index (χ0n) is 12.8. The van der Waals surface area contributed by atoms with Crippen LogP contribution in [0.15, 0.2) is 24.3 Å². The normalized spacial score (nSPS) is 21.4. The molecule has 1 saturated heterocycles. The molecule has 1 atom stereocenters. The Labute approximate surface area is 130 Å². The smallest absolute Gasteiger partial charge is 0.317 e. The van der Waals surface area contributed by atoms with Gasteiger partial charge in [0.25, 0.3) is 0 Å². The summed E-state index contributed by atoms with van der Waals surface area (Å²) < 4.78 is 0. The topological polar surface area (TPSA) is 95.7 Å². The fourth-order valence-electron chi connectivity index (χ4n) is 2.87. The van der Waals surface area contributed by atoms with Gasteiger partial charge in [-0.05, 0) is 37.0 Å². The van der Waals surface area contributed by atoms with Crippen molar-refractivity contribution in [1.82, 2.24) is 10.2 Å². The largest absolute Gasteiger partial charge is 0.508 e. The zero-order chi connectivity index (χ0) is 16.2. The van der Waals surface area contributed by atoms with Gasteiger partial charge in [-0.1, -0.05) is 19.1 Å². The highest BCUT2D eigenvalue weighted by atomic mass is 16.3. The van der Waals surface area contributed by atoms with Gasteiger partial charge in [0.1, 0.15) is 5.75 Å². The quantitative estimate of drug-likeness (QED) is 0.788. The Morgan fingerprint density at radius 3 is 2.64 bits per heavy atom. The van der Waals surface area contributed by atoms with Gasteiger partial charge in [0.15, 0.2) is 0 Å². The molecule has 6 nitrogen and oxygen atoms in total. The first kappa shape index (κ1) is 16.1. The molecule has 0 aliphatic carbocycles. The van der Waals surface area contributed by atoms with E-state index in [-0.39, 0.29) is 17.7 Å². The minimum absolute atomic E-state index is 0.188. The maximum absolute atomic E-state index is 12.3. The molecule has 22 heavy (non-hydrogen) atoms. The fraction of sp³-hybridized carbons (Fsp3) is 0.500. The predicted octanol–water partition coefficient (Wildman–Crippen LogP) is 1.58. The highest BCUT2D eigenvalue weighted by Gasteiger charge is 2.40. The molecule has 3 amide bonds. The van der Waals surface area contributed by atoms with Crippen LogP contribution in [0.3, 0.4) is 0 Å². The van der Waals surface area contributed by atoms with Crippen LogP contribution in [-0.4, -0.2) is 35.0 Å². The number of nitrogens with zero attached hydrogens (tertiary/aromatic N) is 1. The number of hydrogen-bond donors (Lipinski definition) is 3. The summed E-state index contributed by atoms with van der Waals surface area (Å²) in [5, 5.41) is 12.1. The number of hydrogen-bond acceptors (Lipinski definition) is 3. The van der Waals surface area contributed by atoms with Gasteiger partial charge in [0, 0.05) is 19.6 Å². The van der Waals surface area contributed by atoms with Gasteiger partial charge >= 0.3 is 6.03 Å². The van der Waals surface area contributed by atoms with E-state index in [9.17, 15) is 14.7 Å². The molecule has 6 heteroatoms. The van der Waals surface area contributed by atoms with Crippen LogP contribution in [0.1, 0.15) is 31.7 Å². The number of nitrogens with two attached hydrogens (primary N) is 1. The van der Waals surface area contributed by atoms with Gasteiger partial charge in [0.2, 0.25) is 5.91 Å². The van der Waals surface area contributed by atoms with Crippen molar-refractivity contribution in [3.05, 3.63) is 29.8 Å². The van der Waals surface area contributed by atoms with E-state index in [1.807, 2.05) is 6.92 Å². The summed E-state index contributed by atoms with van der Waals surface area (Å²) >= 11 is 0. The van der Waals surface area contributed by atoms with Gasteiger partial charge in [0.05, 0.1) is 5.41 Å². The molecule has 1 unspecified atom stereocenters. The number of rotatable bonds is 4. The number of urea groups is 1. The fourth-order valence-corrected chi connectivity index (χ4v) is 2.87. The second-order valence-corrected chi connectivity index (χ2v) is 5.85. The van der Waals surface area contributed by atoms with Crippen LogP contribution in [0.5, 0.6) is 5.75 Å². The van der Waals surface area contributed by atoms with Crippen LogP contribution in [0.4, 0.5) is 4.79 Å². The molecule has 0 radical (unpaired) electrons. The Balaban J connectivity index is 1.94. The molecule has 1 heterocycles. The third-order valence-corrected chi connectivity index (χ3v) is 4.44. The second kappa shape index (κ2) is 6.68. The first-order valence-electron chi connectivity index (χ1n) is 7.57. The minimum atomic E-state index is -0.603. The molecular weight excluding hydrogens is 282 g/mol. The monoisotopic (exact) mass is 305 g/mol. The first-order chi connectivity index (χ1) is 10.5. The number of aromatic hydroxyl groups is 1. The van der Waals surface area contributed by atoms with Gasteiger partial charge in [-0.15, -0.1) is 0 Å². The molecule has 120 valence electrons. The van der Waals surface area contributed by atoms with Crippen molar-refractivity contribution in [3.63, 3.8) is 0 Å². The summed E-state index contributed by atoms with van der Waals surface area (Å²) in [4.78, 5) is 25.7. The Bertz CT molecular complexity index is 544. The summed E-state index contributed by atoms with van der Waals surface area (Å²) in [5.41, 5.74) is 5.83. The minimum Gasteiger partial charge on any atom is -0.508 e. The Kier molecular flexibility index (Phi) is 4.90. The molecular formula is C16H23N3O3. The first-order valence-corrected chi connectivity index (χ1v) is 7.57. The highest BCUT2D eigenvalue weighted by Crippen LogP contribution is 2.33. The Hall–Kier alpha value is -2.24.